The van der Waals surface area contributed by atoms with Gasteiger partial charge in [0.25, 0.3) is 0 Å². The molecule has 0 bridgehead atoms. The lowest BCUT2D eigenvalue weighted by molar-refractivity contribution is -0.191. The summed E-state index contributed by atoms with van der Waals surface area (Å²) in [7, 11) is 0. The van der Waals surface area contributed by atoms with Crippen molar-refractivity contribution in [3.63, 3.8) is 0 Å². The number of H-pyrrole nitrogens is 1. The standard InChI is InChI=1S/C20H17F3N4O2/c21-10-5-11-12(7-24-16(11)13(22)6-10)17-25-8-14(23)18(27-17)26-15-3-1-2-4-20(15)9-29-19(20)28/h5-8,15,24H,1-4,9H2,(H,25,26,27)/t15-,20+/m1/s1. The number of nitrogens with one attached hydrogen (secondary N) is 2. The van der Waals surface area contributed by atoms with E-state index in [9.17, 15) is 18.0 Å². The van der Waals surface area contributed by atoms with Crippen molar-refractivity contribution in [1.29, 1.82) is 0 Å². The van der Waals surface area contributed by atoms with Gasteiger partial charge in [-0.3, -0.25) is 4.79 Å². The van der Waals surface area contributed by atoms with Crippen LogP contribution in [0.15, 0.2) is 24.5 Å². The Kier molecular flexibility index (Phi) is 4.01. The molecule has 2 atom stereocenters. The van der Waals surface area contributed by atoms with Gasteiger partial charge in [0.15, 0.2) is 17.5 Å². The number of ether oxygens (including phenoxy) is 1. The average molecular weight is 402 g/mol. The summed E-state index contributed by atoms with van der Waals surface area (Å²) in [5.41, 5.74) is -0.182. The fourth-order valence-electron chi connectivity index (χ4n) is 4.29. The lowest BCUT2D eigenvalue weighted by Gasteiger charge is -2.47. The smallest absolute Gasteiger partial charge is 0.317 e. The van der Waals surface area contributed by atoms with Crippen molar-refractivity contribution < 1.29 is 22.7 Å². The number of anilines is 1. The van der Waals surface area contributed by atoms with Crippen molar-refractivity contribution in [2.45, 2.75) is 31.7 Å². The Hall–Kier alpha value is -3.10. The fraction of sp³-hybridized carbons (Fsp3) is 0.350. The highest BCUT2D eigenvalue weighted by Crippen LogP contribution is 2.45. The van der Waals surface area contributed by atoms with Crippen molar-refractivity contribution >= 4 is 22.7 Å². The maximum absolute atomic E-state index is 14.4. The number of esters is 1. The topological polar surface area (TPSA) is 79.9 Å². The Bertz CT molecular complexity index is 1130. The molecule has 2 aliphatic rings. The summed E-state index contributed by atoms with van der Waals surface area (Å²) in [5, 5.41) is 3.32. The minimum Gasteiger partial charge on any atom is -0.464 e. The molecule has 150 valence electrons. The van der Waals surface area contributed by atoms with E-state index < -0.39 is 22.9 Å². The van der Waals surface area contributed by atoms with Crippen LogP contribution in [0.3, 0.4) is 0 Å². The molecule has 2 N–H and O–H groups in total. The molecule has 0 amide bonds. The summed E-state index contributed by atoms with van der Waals surface area (Å²) in [5.74, 6) is -2.34. The van der Waals surface area contributed by atoms with Crippen molar-refractivity contribution in [2.24, 2.45) is 5.41 Å². The predicted molar refractivity (Wildman–Crippen MR) is 98.5 cm³/mol. The second-order valence-corrected chi connectivity index (χ2v) is 7.58. The monoisotopic (exact) mass is 402 g/mol. The number of carbonyl (C=O) groups is 1. The number of halogens is 3. The predicted octanol–water partition coefficient (Wildman–Crippen LogP) is 3.94. The first-order chi connectivity index (χ1) is 14.0. The Morgan fingerprint density at radius 2 is 2.07 bits per heavy atom. The number of benzene rings is 1. The summed E-state index contributed by atoms with van der Waals surface area (Å²) >= 11 is 0. The zero-order valence-corrected chi connectivity index (χ0v) is 15.3. The van der Waals surface area contributed by atoms with E-state index in [0.717, 1.165) is 25.1 Å². The molecule has 3 aromatic rings. The third-order valence-electron chi connectivity index (χ3n) is 5.90. The normalized spacial score (nSPS) is 23.8. The van der Waals surface area contributed by atoms with E-state index >= 15 is 0 Å². The zero-order valence-electron chi connectivity index (χ0n) is 15.3. The molecule has 1 aliphatic carbocycles. The molecule has 1 aliphatic heterocycles. The van der Waals surface area contributed by atoms with Gasteiger partial charge >= 0.3 is 5.97 Å². The molecule has 1 aromatic carbocycles. The van der Waals surface area contributed by atoms with Gasteiger partial charge < -0.3 is 15.0 Å². The van der Waals surface area contributed by atoms with Gasteiger partial charge in [0.2, 0.25) is 0 Å². The van der Waals surface area contributed by atoms with E-state index in [-0.39, 0.29) is 34.6 Å². The molecule has 2 fully saturated rings. The number of fused-ring (bicyclic) bond motifs is 1. The molecule has 29 heavy (non-hydrogen) atoms. The first-order valence-electron chi connectivity index (χ1n) is 9.41. The van der Waals surface area contributed by atoms with Crippen LogP contribution in [0.25, 0.3) is 22.3 Å². The van der Waals surface area contributed by atoms with E-state index in [0.29, 0.717) is 25.0 Å². The highest BCUT2D eigenvalue weighted by Gasteiger charge is 2.56. The number of aromatic amines is 1. The van der Waals surface area contributed by atoms with Crippen molar-refractivity contribution in [1.82, 2.24) is 15.0 Å². The third kappa shape index (κ3) is 2.75. The van der Waals surface area contributed by atoms with Gasteiger partial charge in [-0.15, -0.1) is 0 Å². The third-order valence-corrected chi connectivity index (χ3v) is 5.90. The molecule has 9 heteroatoms. The quantitative estimate of drug-likeness (QED) is 0.649. The van der Waals surface area contributed by atoms with E-state index in [2.05, 4.69) is 20.3 Å². The Morgan fingerprint density at radius 3 is 2.83 bits per heavy atom. The summed E-state index contributed by atoms with van der Waals surface area (Å²) in [4.78, 5) is 23.1. The summed E-state index contributed by atoms with van der Waals surface area (Å²) < 4.78 is 47.1. The molecular weight excluding hydrogens is 385 g/mol. The van der Waals surface area contributed by atoms with Crippen LogP contribution in [0.5, 0.6) is 0 Å². The number of carbonyl (C=O) groups excluding carboxylic acids is 1. The van der Waals surface area contributed by atoms with Crippen LogP contribution in [0, 0.1) is 22.9 Å². The number of hydrogen-bond donors (Lipinski definition) is 2. The molecule has 0 unspecified atom stereocenters. The van der Waals surface area contributed by atoms with Gasteiger partial charge in [-0.1, -0.05) is 12.8 Å². The summed E-state index contributed by atoms with van der Waals surface area (Å²) in [6, 6.07) is 1.65. The largest absolute Gasteiger partial charge is 0.464 e. The van der Waals surface area contributed by atoms with Gasteiger partial charge in [-0.2, -0.15) is 0 Å². The Balaban J connectivity index is 1.52. The Labute approximate surface area is 163 Å². The molecule has 1 saturated carbocycles. The summed E-state index contributed by atoms with van der Waals surface area (Å²) in [6.07, 6.45) is 5.66. The highest BCUT2D eigenvalue weighted by atomic mass is 19.1. The fourth-order valence-corrected chi connectivity index (χ4v) is 4.29. The van der Waals surface area contributed by atoms with Crippen molar-refractivity contribution in [3.05, 3.63) is 42.0 Å². The highest BCUT2D eigenvalue weighted by molar-refractivity contribution is 5.94. The van der Waals surface area contributed by atoms with Gasteiger partial charge in [-0.25, -0.2) is 23.1 Å². The first-order valence-corrected chi connectivity index (χ1v) is 9.41. The van der Waals surface area contributed by atoms with Crippen LogP contribution in [0.2, 0.25) is 0 Å². The summed E-state index contributed by atoms with van der Waals surface area (Å²) in [6.45, 7) is 0.310. The molecule has 3 heterocycles. The van der Waals surface area contributed by atoms with Gasteiger partial charge in [0.05, 0.1) is 11.7 Å². The van der Waals surface area contributed by atoms with Crippen LogP contribution in [-0.2, 0) is 9.53 Å². The minimum absolute atomic E-state index is 0.0489. The number of rotatable bonds is 3. The van der Waals surface area contributed by atoms with Crippen molar-refractivity contribution in [2.75, 3.05) is 11.9 Å². The number of aromatic nitrogens is 3. The van der Waals surface area contributed by atoms with Crippen LogP contribution in [-0.4, -0.2) is 33.6 Å². The van der Waals surface area contributed by atoms with Gasteiger partial charge in [0.1, 0.15) is 23.7 Å². The first kappa shape index (κ1) is 18.0. The second-order valence-electron chi connectivity index (χ2n) is 7.58. The maximum Gasteiger partial charge on any atom is 0.317 e. The van der Waals surface area contributed by atoms with E-state index in [1.165, 1.54) is 12.3 Å². The van der Waals surface area contributed by atoms with Crippen molar-refractivity contribution in [3.8, 4) is 11.4 Å². The molecule has 6 nitrogen and oxygen atoms in total. The van der Waals surface area contributed by atoms with E-state index in [4.69, 9.17) is 4.74 Å². The SMILES string of the molecule is O=C1OC[C@]12CCCC[C@H]2Nc1nc(-c2c[nH]c3c(F)cc(F)cc23)ncc1F. The molecule has 1 saturated heterocycles. The maximum atomic E-state index is 14.4. The number of hydrogen-bond acceptors (Lipinski definition) is 5. The van der Waals surface area contributed by atoms with Crippen LogP contribution < -0.4 is 5.32 Å². The van der Waals surface area contributed by atoms with E-state index in [1.807, 2.05) is 0 Å². The number of nitrogens with zero attached hydrogens (tertiary/aromatic N) is 2. The number of cyclic esters (lactones) is 1. The zero-order chi connectivity index (χ0) is 20.2. The van der Waals surface area contributed by atoms with Crippen LogP contribution in [0.1, 0.15) is 25.7 Å². The van der Waals surface area contributed by atoms with Gasteiger partial charge in [-0.05, 0) is 18.9 Å². The van der Waals surface area contributed by atoms with E-state index in [1.54, 1.807) is 0 Å². The minimum atomic E-state index is -0.737. The molecular formula is C20H17F3N4O2. The lowest BCUT2D eigenvalue weighted by Crippen LogP contribution is -2.59. The molecule has 2 aromatic heterocycles. The van der Waals surface area contributed by atoms with Gasteiger partial charge in [0, 0.05) is 29.3 Å². The Morgan fingerprint density at radius 1 is 1.21 bits per heavy atom. The molecule has 5 rings (SSSR count). The average Bonchev–Trinajstić information content (AvgIpc) is 3.13. The molecule has 0 radical (unpaired) electrons. The second kappa shape index (κ2) is 6.47. The molecule has 1 spiro atoms. The van der Waals surface area contributed by atoms with Crippen LogP contribution in [0.4, 0.5) is 19.0 Å². The lowest BCUT2D eigenvalue weighted by atomic mass is 9.68. The van der Waals surface area contributed by atoms with Crippen LogP contribution >= 0.6 is 0 Å².